The Balaban J connectivity index is 1.48. The molecule has 0 unspecified atom stereocenters. The number of methoxy groups -OCH3 is 1. The Morgan fingerprint density at radius 2 is 2.12 bits per heavy atom. The minimum Gasteiger partial charge on any atom is -0.479 e. The van der Waals surface area contributed by atoms with E-state index in [1.807, 2.05) is 25.1 Å². The third kappa shape index (κ3) is 3.86. The number of ether oxygens (including phenoxy) is 1. The van der Waals surface area contributed by atoms with Crippen LogP contribution in [0, 0.1) is 6.92 Å². The second-order valence-corrected chi connectivity index (χ2v) is 9.30. The number of halogens is 2. The number of likely N-dealkylation sites (tertiary alicyclic amines) is 1. The zero-order valence-electron chi connectivity index (χ0n) is 18.3. The number of amides is 1. The van der Waals surface area contributed by atoms with Gasteiger partial charge in [0.2, 0.25) is 17.7 Å². The molecule has 33 heavy (non-hydrogen) atoms. The van der Waals surface area contributed by atoms with Crippen molar-refractivity contribution in [1.29, 1.82) is 0 Å². The molecule has 1 N–H and O–H groups in total. The molecule has 0 spiro atoms. The van der Waals surface area contributed by atoms with E-state index in [9.17, 15) is 13.6 Å². The van der Waals surface area contributed by atoms with E-state index < -0.39 is 18.5 Å². The van der Waals surface area contributed by atoms with Crippen molar-refractivity contribution in [3.63, 3.8) is 0 Å². The molecule has 4 aromatic rings. The average molecular weight is 473 g/mol. The van der Waals surface area contributed by atoms with Gasteiger partial charge in [-0.2, -0.15) is 4.98 Å². The summed E-state index contributed by atoms with van der Waals surface area (Å²) in [6.07, 6.45) is 1.83. The van der Waals surface area contributed by atoms with Gasteiger partial charge in [0.15, 0.2) is 0 Å². The third-order valence-electron chi connectivity index (χ3n) is 5.83. The van der Waals surface area contributed by atoms with E-state index in [-0.39, 0.29) is 30.7 Å². The monoisotopic (exact) mass is 472 g/mol. The first-order valence-electron chi connectivity index (χ1n) is 10.5. The second kappa shape index (κ2) is 7.91. The number of carbonyl (C=O) groups excluding carboxylic acids is 1. The van der Waals surface area contributed by atoms with Crippen LogP contribution in [0.3, 0.4) is 0 Å². The number of carbonyl (C=O) groups is 1. The van der Waals surface area contributed by atoms with Gasteiger partial charge in [0.05, 0.1) is 34.9 Å². The Kier molecular flexibility index (Phi) is 5.15. The minimum atomic E-state index is -3.11. The molecule has 1 aliphatic heterocycles. The Morgan fingerprint density at radius 3 is 2.85 bits per heavy atom. The number of thiazole rings is 1. The summed E-state index contributed by atoms with van der Waals surface area (Å²) < 4.78 is 37.5. The first kappa shape index (κ1) is 21.5. The van der Waals surface area contributed by atoms with E-state index in [1.165, 1.54) is 14.0 Å². The fourth-order valence-corrected chi connectivity index (χ4v) is 5.04. The Bertz CT molecular complexity index is 1370. The molecular weight excluding hydrogens is 450 g/mol. The van der Waals surface area contributed by atoms with Crippen LogP contribution in [-0.4, -0.2) is 62.6 Å². The van der Waals surface area contributed by atoms with E-state index in [1.54, 1.807) is 22.0 Å². The number of alkyl halides is 2. The molecule has 1 atom stereocenters. The number of aromatic nitrogens is 4. The molecule has 1 saturated heterocycles. The van der Waals surface area contributed by atoms with Gasteiger partial charge in [0, 0.05) is 25.2 Å². The zero-order chi connectivity index (χ0) is 23.3. The highest BCUT2D eigenvalue weighted by atomic mass is 32.1. The lowest BCUT2D eigenvalue weighted by Gasteiger charge is -2.38. The predicted octanol–water partition coefficient (Wildman–Crippen LogP) is 3.99. The summed E-state index contributed by atoms with van der Waals surface area (Å²) in [7, 11) is 1.48. The van der Waals surface area contributed by atoms with Crippen molar-refractivity contribution in [1.82, 2.24) is 24.5 Å². The number of anilines is 1. The van der Waals surface area contributed by atoms with E-state index in [0.29, 0.717) is 5.52 Å². The fraction of sp³-hybridized carbons (Fsp3) is 0.364. The SMILES string of the molecule is COc1nc(N[C@@H]2CCN(C(C)=O)CC2(F)F)nn2ccc(-c3ccc4nc(C)sc4c3)c12. The number of nitrogens with one attached hydrogen (secondary N) is 1. The number of nitrogens with zero attached hydrogens (tertiary/aromatic N) is 5. The van der Waals surface area contributed by atoms with E-state index in [0.717, 1.165) is 31.3 Å². The molecule has 11 heteroatoms. The molecule has 1 aliphatic rings. The predicted molar refractivity (Wildman–Crippen MR) is 122 cm³/mol. The molecule has 1 aromatic carbocycles. The molecule has 0 aliphatic carbocycles. The van der Waals surface area contributed by atoms with Crippen molar-refractivity contribution in [3.8, 4) is 17.0 Å². The average Bonchev–Trinajstić information content (AvgIpc) is 3.36. The Hall–Kier alpha value is -3.34. The van der Waals surface area contributed by atoms with Crippen LogP contribution in [0.1, 0.15) is 18.4 Å². The maximum atomic E-state index is 14.7. The number of hydrogen-bond donors (Lipinski definition) is 1. The van der Waals surface area contributed by atoms with Crippen molar-refractivity contribution in [3.05, 3.63) is 35.5 Å². The standard InChI is InChI=1S/C22H22F2N6O2S/c1-12-25-16-5-4-14(10-17(16)33-12)15-6-9-30-19(15)20(32-3)27-21(28-30)26-18-7-8-29(13(2)31)11-22(18,23)24/h4-6,9-10,18H,7-8,11H2,1-3H3,(H,26,28)/t18-/m1/s1. The topological polar surface area (TPSA) is 84.6 Å². The Labute approximate surface area is 192 Å². The van der Waals surface area contributed by atoms with E-state index in [2.05, 4.69) is 26.4 Å². The van der Waals surface area contributed by atoms with Crippen LogP contribution in [0.4, 0.5) is 14.7 Å². The number of piperidine rings is 1. The summed E-state index contributed by atoms with van der Waals surface area (Å²) in [5, 5.41) is 8.15. The Morgan fingerprint density at radius 1 is 1.30 bits per heavy atom. The maximum absolute atomic E-state index is 14.7. The molecule has 3 aromatic heterocycles. The molecule has 5 rings (SSSR count). The first-order chi connectivity index (χ1) is 15.7. The molecular formula is C22H22F2N6O2S. The highest BCUT2D eigenvalue weighted by Gasteiger charge is 2.45. The molecule has 0 saturated carbocycles. The quantitative estimate of drug-likeness (QED) is 0.484. The van der Waals surface area contributed by atoms with Gasteiger partial charge in [-0.25, -0.2) is 18.3 Å². The van der Waals surface area contributed by atoms with Crippen LogP contribution in [0.2, 0.25) is 0 Å². The second-order valence-electron chi connectivity index (χ2n) is 8.07. The van der Waals surface area contributed by atoms with Gasteiger partial charge in [-0.1, -0.05) is 6.07 Å². The zero-order valence-corrected chi connectivity index (χ0v) is 19.1. The van der Waals surface area contributed by atoms with Crippen molar-refractivity contribution in [2.75, 3.05) is 25.5 Å². The lowest BCUT2D eigenvalue weighted by atomic mass is 10.0. The lowest BCUT2D eigenvalue weighted by molar-refractivity contribution is -0.140. The molecule has 0 bridgehead atoms. The van der Waals surface area contributed by atoms with Crippen LogP contribution in [-0.2, 0) is 4.79 Å². The van der Waals surface area contributed by atoms with Crippen LogP contribution >= 0.6 is 11.3 Å². The van der Waals surface area contributed by atoms with Gasteiger partial charge in [-0.05, 0) is 37.1 Å². The van der Waals surface area contributed by atoms with Crippen molar-refractivity contribution in [2.24, 2.45) is 0 Å². The third-order valence-corrected chi connectivity index (χ3v) is 6.76. The largest absolute Gasteiger partial charge is 0.479 e. The minimum absolute atomic E-state index is 0.0379. The highest BCUT2D eigenvalue weighted by Crippen LogP contribution is 2.35. The fourth-order valence-electron chi connectivity index (χ4n) is 4.18. The number of aryl methyl sites for hydroxylation is 1. The molecule has 0 radical (unpaired) electrons. The normalized spacial score (nSPS) is 18.1. The van der Waals surface area contributed by atoms with Crippen LogP contribution in [0.25, 0.3) is 26.9 Å². The number of benzene rings is 1. The molecule has 172 valence electrons. The van der Waals surface area contributed by atoms with Gasteiger partial charge in [0.25, 0.3) is 5.92 Å². The van der Waals surface area contributed by atoms with Gasteiger partial charge < -0.3 is 15.0 Å². The van der Waals surface area contributed by atoms with E-state index >= 15 is 0 Å². The van der Waals surface area contributed by atoms with Crippen molar-refractivity contribution in [2.45, 2.75) is 32.2 Å². The van der Waals surface area contributed by atoms with Crippen LogP contribution < -0.4 is 10.1 Å². The number of hydrogen-bond acceptors (Lipinski definition) is 7. The maximum Gasteiger partial charge on any atom is 0.285 e. The lowest BCUT2D eigenvalue weighted by Crippen LogP contribution is -2.55. The molecule has 8 nitrogen and oxygen atoms in total. The van der Waals surface area contributed by atoms with Gasteiger partial charge in [0.1, 0.15) is 5.52 Å². The molecule has 1 amide bonds. The van der Waals surface area contributed by atoms with Crippen molar-refractivity contribution < 1.29 is 18.3 Å². The first-order valence-corrected chi connectivity index (χ1v) is 11.3. The summed E-state index contributed by atoms with van der Waals surface area (Å²) in [5.41, 5.74) is 3.41. The van der Waals surface area contributed by atoms with Gasteiger partial charge in [-0.15, -0.1) is 16.4 Å². The number of rotatable bonds is 4. The molecule has 1 fully saturated rings. The van der Waals surface area contributed by atoms with Crippen LogP contribution in [0.5, 0.6) is 5.88 Å². The van der Waals surface area contributed by atoms with Gasteiger partial charge in [-0.3, -0.25) is 4.79 Å². The summed E-state index contributed by atoms with van der Waals surface area (Å²) in [6.45, 7) is 2.88. The van der Waals surface area contributed by atoms with Crippen molar-refractivity contribution >= 4 is 38.9 Å². The smallest absolute Gasteiger partial charge is 0.285 e. The van der Waals surface area contributed by atoms with Gasteiger partial charge >= 0.3 is 0 Å². The summed E-state index contributed by atoms with van der Waals surface area (Å²) in [6, 6.07) is 6.71. The summed E-state index contributed by atoms with van der Waals surface area (Å²) >= 11 is 1.62. The number of fused-ring (bicyclic) bond motifs is 2. The highest BCUT2D eigenvalue weighted by molar-refractivity contribution is 7.18. The van der Waals surface area contributed by atoms with E-state index in [4.69, 9.17) is 4.74 Å². The molecule has 4 heterocycles. The van der Waals surface area contributed by atoms with Crippen LogP contribution in [0.15, 0.2) is 30.5 Å². The summed E-state index contributed by atoms with van der Waals surface area (Å²) in [4.78, 5) is 21.5. The summed E-state index contributed by atoms with van der Waals surface area (Å²) in [5.74, 6) is -3.16.